The van der Waals surface area contributed by atoms with Gasteiger partial charge in [-0.25, -0.2) is 9.97 Å². The first kappa shape index (κ1) is 11.2. The van der Waals surface area contributed by atoms with Crippen molar-refractivity contribution in [3.63, 3.8) is 0 Å². The first-order valence-electron chi connectivity index (χ1n) is 4.12. The maximum absolute atomic E-state index is 9.32. The molecule has 0 fully saturated rings. The number of anilines is 1. The largest absolute Gasteiger partial charge is 0.389 e. The highest BCUT2D eigenvalue weighted by molar-refractivity contribution is 6.28. The van der Waals surface area contributed by atoms with E-state index >= 15 is 0 Å². The van der Waals surface area contributed by atoms with Crippen LogP contribution in [0.1, 0.15) is 0 Å². The summed E-state index contributed by atoms with van der Waals surface area (Å²) in [5.41, 5.74) is 0. The highest BCUT2D eigenvalue weighted by atomic mass is 35.5. The van der Waals surface area contributed by atoms with Crippen LogP contribution in [0.15, 0.2) is 12.3 Å². The second-order valence-corrected chi connectivity index (χ2v) is 3.04. The van der Waals surface area contributed by atoms with E-state index in [2.05, 4.69) is 15.3 Å². The predicted molar refractivity (Wildman–Crippen MR) is 53.4 cm³/mol. The molecule has 0 saturated carbocycles. The summed E-state index contributed by atoms with van der Waals surface area (Å²) < 4.78 is 4.77. The van der Waals surface area contributed by atoms with Gasteiger partial charge in [-0.1, -0.05) is 0 Å². The van der Waals surface area contributed by atoms with Gasteiger partial charge in [-0.05, 0) is 17.7 Å². The summed E-state index contributed by atoms with van der Waals surface area (Å²) in [4.78, 5) is 7.63. The highest BCUT2D eigenvalue weighted by Gasteiger charge is 2.03. The van der Waals surface area contributed by atoms with Crippen molar-refractivity contribution >= 4 is 17.4 Å². The van der Waals surface area contributed by atoms with E-state index in [9.17, 15) is 5.11 Å². The Kier molecular flexibility index (Phi) is 4.58. The molecule has 1 rings (SSSR count). The van der Waals surface area contributed by atoms with Gasteiger partial charge in [0.25, 0.3) is 0 Å². The fourth-order valence-corrected chi connectivity index (χ4v) is 1.05. The number of aliphatic hydroxyl groups excluding tert-OH is 1. The van der Waals surface area contributed by atoms with Crippen LogP contribution in [0.3, 0.4) is 0 Å². The summed E-state index contributed by atoms with van der Waals surface area (Å²) in [7, 11) is 1.53. The Morgan fingerprint density at radius 3 is 3.14 bits per heavy atom. The molecule has 1 atom stereocenters. The van der Waals surface area contributed by atoms with Crippen molar-refractivity contribution in [2.75, 3.05) is 25.6 Å². The zero-order chi connectivity index (χ0) is 10.4. The number of rotatable bonds is 5. The van der Waals surface area contributed by atoms with Crippen molar-refractivity contribution in [2.45, 2.75) is 6.10 Å². The van der Waals surface area contributed by atoms with Gasteiger partial charge < -0.3 is 15.2 Å². The monoisotopic (exact) mass is 217 g/mol. The Morgan fingerprint density at radius 2 is 2.50 bits per heavy atom. The number of hydrogen-bond donors (Lipinski definition) is 2. The fourth-order valence-electron chi connectivity index (χ4n) is 0.907. The number of nitrogens with one attached hydrogen (secondary N) is 1. The van der Waals surface area contributed by atoms with E-state index in [4.69, 9.17) is 16.3 Å². The average molecular weight is 218 g/mol. The number of ether oxygens (including phenoxy) is 1. The van der Waals surface area contributed by atoms with Gasteiger partial charge in [0.1, 0.15) is 5.82 Å². The van der Waals surface area contributed by atoms with Crippen molar-refractivity contribution in [1.82, 2.24) is 9.97 Å². The van der Waals surface area contributed by atoms with Gasteiger partial charge in [-0.15, -0.1) is 0 Å². The topological polar surface area (TPSA) is 67.3 Å². The van der Waals surface area contributed by atoms with E-state index in [1.807, 2.05) is 0 Å². The minimum absolute atomic E-state index is 0.177. The Bertz CT molecular complexity index is 285. The van der Waals surface area contributed by atoms with Gasteiger partial charge in [-0.2, -0.15) is 0 Å². The number of halogens is 1. The fraction of sp³-hybridized carbons (Fsp3) is 0.500. The molecule has 14 heavy (non-hydrogen) atoms. The lowest BCUT2D eigenvalue weighted by Crippen LogP contribution is -2.24. The predicted octanol–water partition coefficient (Wildman–Crippen LogP) is 0.549. The molecule has 0 aliphatic rings. The second kappa shape index (κ2) is 5.74. The Labute approximate surface area is 87.1 Å². The molecule has 0 spiro atoms. The lowest BCUT2D eigenvalue weighted by atomic mass is 10.4. The molecule has 0 radical (unpaired) electrons. The molecule has 0 bridgehead atoms. The van der Waals surface area contributed by atoms with Gasteiger partial charge in [0.2, 0.25) is 5.28 Å². The molecule has 0 amide bonds. The van der Waals surface area contributed by atoms with E-state index in [1.54, 1.807) is 12.3 Å². The molecule has 2 N–H and O–H groups in total. The molecular formula is C8H12ClN3O2. The van der Waals surface area contributed by atoms with Crippen LogP contribution in [0.25, 0.3) is 0 Å². The zero-order valence-electron chi connectivity index (χ0n) is 7.77. The number of methoxy groups -OCH3 is 1. The van der Waals surface area contributed by atoms with Crippen LogP contribution in [0.4, 0.5) is 5.82 Å². The van der Waals surface area contributed by atoms with Gasteiger partial charge in [-0.3, -0.25) is 0 Å². The van der Waals surface area contributed by atoms with E-state index in [1.165, 1.54) is 7.11 Å². The molecule has 1 heterocycles. The van der Waals surface area contributed by atoms with Crippen LogP contribution in [-0.4, -0.2) is 41.4 Å². The van der Waals surface area contributed by atoms with Gasteiger partial charge in [0, 0.05) is 19.9 Å². The standard InChI is InChI=1S/C8H12ClN3O2/c1-14-5-6(13)4-11-7-2-3-10-8(9)12-7/h2-3,6,13H,4-5H2,1H3,(H,10,11,12). The third-order valence-electron chi connectivity index (χ3n) is 1.50. The molecule has 6 heteroatoms. The number of nitrogens with zero attached hydrogens (tertiary/aromatic N) is 2. The summed E-state index contributed by atoms with van der Waals surface area (Å²) in [6, 6.07) is 1.67. The lowest BCUT2D eigenvalue weighted by molar-refractivity contribution is 0.0727. The molecule has 1 unspecified atom stereocenters. The number of hydrogen-bond acceptors (Lipinski definition) is 5. The first-order chi connectivity index (χ1) is 6.72. The van der Waals surface area contributed by atoms with Gasteiger partial charge in [0.05, 0.1) is 12.7 Å². The molecule has 78 valence electrons. The Morgan fingerprint density at radius 1 is 1.71 bits per heavy atom. The smallest absolute Gasteiger partial charge is 0.224 e. The van der Waals surface area contributed by atoms with Crippen LogP contribution in [-0.2, 0) is 4.74 Å². The maximum atomic E-state index is 9.32. The molecule has 0 aliphatic heterocycles. The van der Waals surface area contributed by atoms with Crippen LogP contribution >= 0.6 is 11.6 Å². The van der Waals surface area contributed by atoms with Crippen molar-refractivity contribution in [3.8, 4) is 0 Å². The summed E-state index contributed by atoms with van der Waals surface area (Å²) >= 11 is 5.57. The first-order valence-corrected chi connectivity index (χ1v) is 4.49. The zero-order valence-corrected chi connectivity index (χ0v) is 8.53. The molecule has 1 aromatic rings. The number of aliphatic hydroxyl groups is 1. The quantitative estimate of drug-likeness (QED) is 0.705. The summed E-state index contributed by atoms with van der Waals surface area (Å²) in [5, 5.41) is 12.4. The summed E-state index contributed by atoms with van der Waals surface area (Å²) in [6.07, 6.45) is 0.981. The van der Waals surface area contributed by atoms with Crippen LogP contribution < -0.4 is 5.32 Å². The van der Waals surface area contributed by atoms with Crippen LogP contribution in [0, 0.1) is 0 Å². The van der Waals surface area contributed by atoms with Gasteiger partial charge in [0.15, 0.2) is 0 Å². The molecule has 5 nitrogen and oxygen atoms in total. The minimum atomic E-state index is -0.561. The van der Waals surface area contributed by atoms with Crippen LogP contribution in [0.2, 0.25) is 5.28 Å². The van der Waals surface area contributed by atoms with Gasteiger partial charge >= 0.3 is 0 Å². The van der Waals surface area contributed by atoms with E-state index < -0.39 is 6.10 Å². The molecular weight excluding hydrogens is 206 g/mol. The van der Waals surface area contributed by atoms with E-state index in [0.29, 0.717) is 12.4 Å². The third-order valence-corrected chi connectivity index (χ3v) is 1.69. The van der Waals surface area contributed by atoms with Crippen molar-refractivity contribution in [2.24, 2.45) is 0 Å². The average Bonchev–Trinajstić information content (AvgIpc) is 2.15. The second-order valence-electron chi connectivity index (χ2n) is 2.70. The Balaban J connectivity index is 2.37. The normalized spacial score (nSPS) is 12.5. The molecule has 0 aliphatic carbocycles. The van der Waals surface area contributed by atoms with Crippen molar-refractivity contribution < 1.29 is 9.84 Å². The van der Waals surface area contributed by atoms with Crippen molar-refractivity contribution in [1.29, 1.82) is 0 Å². The summed E-state index contributed by atoms with van der Waals surface area (Å²) in [6.45, 7) is 0.646. The number of aromatic nitrogens is 2. The molecule has 1 aromatic heterocycles. The molecule has 0 aromatic carbocycles. The van der Waals surface area contributed by atoms with Crippen LogP contribution in [0.5, 0.6) is 0 Å². The molecule has 0 saturated heterocycles. The highest BCUT2D eigenvalue weighted by Crippen LogP contribution is 2.05. The third kappa shape index (κ3) is 3.87. The summed E-state index contributed by atoms with van der Waals surface area (Å²) in [5.74, 6) is 0.583. The maximum Gasteiger partial charge on any atom is 0.224 e. The Hall–Kier alpha value is -0.910. The minimum Gasteiger partial charge on any atom is -0.389 e. The SMILES string of the molecule is COCC(O)CNc1ccnc(Cl)n1. The lowest BCUT2D eigenvalue weighted by Gasteiger charge is -2.10. The van der Waals surface area contributed by atoms with Crippen molar-refractivity contribution in [3.05, 3.63) is 17.5 Å². The van der Waals surface area contributed by atoms with E-state index in [0.717, 1.165) is 0 Å². The van der Waals surface area contributed by atoms with E-state index in [-0.39, 0.29) is 11.9 Å².